The van der Waals surface area contributed by atoms with Gasteiger partial charge in [0.1, 0.15) is 5.75 Å². The molecule has 3 aromatic carbocycles. The van der Waals surface area contributed by atoms with Crippen molar-refractivity contribution >= 4 is 18.1 Å². The Morgan fingerprint density at radius 1 is 0.941 bits per heavy atom. The molecule has 7 nitrogen and oxygen atoms in total. The summed E-state index contributed by atoms with van der Waals surface area (Å²) < 4.78 is 16.7. The highest BCUT2D eigenvalue weighted by atomic mass is 16.6. The molecule has 1 amide bonds. The van der Waals surface area contributed by atoms with Gasteiger partial charge >= 0.3 is 5.97 Å². The van der Waals surface area contributed by atoms with Gasteiger partial charge in [0.15, 0.2) is 18.1 Å². The van der Waals surface area contributed by atoms with Crippen LogP contribution in [0.3, 0.4) is 0 Å². The van der Waals surface area contributed by atoms with Crippen LogP contribution in [-0.4, -0.2) is 31.3 Å². The second kappa shape index (κ2) is 12.6. The van der Waals surface area contributed by atoms with Gasteiger partial charge in [-0.3, -0.25) is 4.79 Å². The van der Waals surface area contributed by atoms with E-state index in [2.05, 4.69) is 17.1 Å². The van der Waals surface area contributed by atoms with Crippen molar-refractivity contribution in [2.24, 2.45) is 5.10 Å². The number of hydrogen-bond acceptors (Lipinski definition) is 6. The quantitative estimate of drug-likeness (QED) is 0.150. The first-order chi connectivity index (χ1) is 16.6. The number of nitrogens with one attached hydrogen (secondary N) is 1. The largest absolute Gasteiger partial charge is 0.490 e. The third kappa shape index (κ3) is 7.06. The number of carbonyl (C=O) groups excluding carboxylic acids is 2. The normalized spacial score (nSPS) is 10.5. The zero-order chi connectivity index (χ0) is 24.2. The van der Waals surface area contributed by atoms with E-state index < -0.39 is 11.9 Å². The van der Waals surface area contributed by atoms with E-state index in [0.29, 0.717) is 41.4 Å². The molecule has 34 heavy (non-hydrogen) atoms. The van der Waals surface area contributed by atoms with E-state index in [1.165, 1.54) is 6.21 Å². The van der Waals surface area contributed by atoms with Crippen LogP contribution in [0.1, 0.15) is 28.4 Å². The van der Waals surface area contributed by atoms with Crippen molar-refractivity contribution in [3.63, 3.8) is 0 Å². The van der Waals surface area contributed by atoms with Gasteiger partial charge in [0.2, 0.25) is 0 Å². The van der Waals surface area contributed by atoms with Crippen molar-refractivity contribution in [1.29, 1.82) is 0 Å². The van der Waals surface area contributed by atoms with E-state index in [9.17, 15) is 9.59 Å². The molecule has 0 fully saturated rings. The van der Waals surface area contributed by atoms with Crippen molar-refractivity contribution in [3.05, 3.63) is 102 Å². The number of allylic oxidation sites excluding steroid dienone is 1. The molecule has 1 N–H and O–H groups in total. The molecule has 0 saturated carbocycles. The zero-order valence-corrected chi connectivity index (χ0v) is 18.9. The van der Waals surface area contributed by atoms with Crippen LogP contribution in [0.4, 0.5) is 0 Å². The Morgan fingerprint density at radius 3 is 2.47 bits per heavy atom. The molecule has 0 spiro atoms. The molecule has 3 aromatic rings. The number of esters is 1. The number of hydrazone groups is 1. The fourth-order valence-electron chi connectivity index (χ4n) is 3.01. The van der Waals surface area contributed by atoms with Crippen LogP contribution >= 0.6 is 0 Å². The lowest BCUT2D eigenvalue weighted by Crippen LogP contribution is -2.24. The summed E-state index contributed by atoms with van der Waals surface area (Å²) >= 11 is 0. The van der Waals surface area contributed by atoms with Crippen molar-refractivity contribution in [1.82, 2.24) is 5.43 Å². The molecule has 7 heteroatoms. The highest BCUT2D eigenvalue weighted by Gasteiger charge is 2.13. The minimum Gasteiger partial charge on any atom is -0.490 e. The molecule has 174 valence electrons. The number of para-hydroxylation sites is 1. The van der Waals surface area contributed by atoms with Gasteiger partial charge in [0.25, 0.3) is 5.91 Å². The van der Waals surface area contributed by atoms with Crippen LogP contribution in [0.2, 0.25) is 0 Å². The second-order valence-corrected chi connectivity index (χ2v) is 7.08. The summed E-state index contributed by atoms with van der Waals surface area (Å²) in [5.41, 5.74) is 4.47. The number of hydrogen-bond donors (Lipinski definition) is 1. The highest BCUT2D eigenvalue weighted by molar-refractivity contribution is 5.91. The minimum absolute atomic E-state index is 0.177. The standard InChI is InChI=1S/C27H26N2O5/c1-3-10-21-11-8-9-14-23(21)33-19-26(30)29-28-18-20-15-16-24(25(17-20)32-4-2)34-27(31)22-12-6-5-7-13-22/h3,5-9,11-18H,1,4,10,19H2,2H3,(H,29,30)/b28-18+. The predicted octanol–water partition coefficient (Wildman–Crippen LogP) is 4.56. The van der Waals surface area contributed by atoms with Gasteiger partial charge < -0.3 is 14.2 Å². The fourth-order valence-corrected chi connectivity index (χ4v) is 3.01. The van der Waals surface area contributed by atoms with Crippen LogP contribution in [0, 0.1) is 0 Å². The zero-order valence-electron chi connectivity index (χ0n) is 18.9. The van der Waals surface area contributed by atoms with Gasteiger partial charge in [-0.2, -0.15) is 5.10 Å². The van der Waals surface area contributed by atoms with Crippen molar-refractivity contribution in [2.45, 2.75) is 13.3 Å². The van der Waals surface area contributed by atoms with E-state index in [1.54, 1.807) is 54.6 Å². The van der Waals surface area contributed by atoms with Gasteiger partial charge in [0.05, 0.1) is 18.4 Å². The molecule has 0 unspecified atom stereocenters. The van der Waals surface area contributed by atoms with E-state index in [0.717, 1.165) is 5.56 Å². The number of nitrogens with zero attached hydrogens (tertiary/aromatic N) is 1. The summed E-state index contributed by atoms with van der Waals surface area (Å²) in [5.74, 6) is 0.434. The Labute approximate surface area is 198 Å². The molecule has 0 bridgehead atoms. The van der Waals surface area contributed by atoms with Gasteiger partial charge in [-0.1, -0.05) is 42.5 Å². The number of carbonyl (C=O) groups is 2. The van der Waals surface area contributed by atoms with Crippen molar-refractivity contribution in [3.8, 4) is 17.2 Å². The fraction of sp³-hybridized carbons (Fsp3) is 0.148. The summed E-state index contributed by atoms with van der Waals surface area (Å²) in [6.07, 6.45) is 3.89. The maximum Gasteiger partial charge on any atom is 0.343 e. The molecule has 0 aliphatic carbocycles. The molecule has 0 aliphatic rings. The minimum atomic E-state index is -0.482. The first kappa shape index (κ1) is 24.3. The maximum absolute atomic E-state index is 12.4. The monoisotopic (exact) mass is 458 g/mol. The van der Waals surface area contributed by atoms with Crippen LogP contribution in [0.25, 0.3) is 0 Å². The number of rotatable bonds is 11. The third-order valence-corrected chi connectivity index (χ3v) is 4.58. The van der Waals surface area contributed by atoms with Crippen molar-refractivity contribution < 1.29 is 23.8 Å². The summed E-state index contributed by atoms with van der Waals surface area (Å²) in [5, 5.41) is 3.97. The maximum atomic E-state index is 12.4. The van der Waals surface area contributed by atoms with Gasteiger partial charge in [0, 0.05) is 0 Å². The lowest BCUT2D eigenvalue weighted by molar-refractivity contribution is -0.123. The van der Waals surface area contributed by atoms with Gasteiger partial charge in [-0.15, -0.1) is 6.58 Å². The first-order valence-electron chi connectivity index (χ1n) is 10.8. The first-order valence-corrected chi connectivity index (χ1v) is 10.8. The van der Waals surface area contributed by atoms with Gasteiger partial charge in [-0.25, -0.2) is 10.2 Å². The Morgan fingerprint density at radius 2 is 1.71 bits per heavy atom. The SMILES string of the molecule is C=CCc1ccccc1OCC(=O)N/N=C/c1ccc(OC(=O)c2ccccc2)c(OCC)c1. The average molecular weight is 459 g/mol. The Bertz CT molecular complexity index is 1160. The van der Waals surface area contributed by atoms with Crippen LogP contribution < -0.4 is 19.6 Å². The van der Waals surface area contributed by atoms with Crippen LogP contribution in [-0.2, 0) is 11.2 Å². The van der Waals surface area contributed by atoms with Crippen molar-refractivity contribution in [2.75, 3.05) is 13.2 Å². The predicted molar refractivity (Wildman–Crippen MR) is 131 cm³/mol. The molecule has 0 heterocycles. The van der Waals surface area contributed by atoms with E-state index in [1.807, 2.05) is 31.2 Å². The third-order valence-electron chi connectivity index (χ3n) is 4.58. The molecule has 0 aliphatic heterocycles. The number of amides is 1. The van der Waals surface area contributed by atoms with E-state index in [4.69, 9.17) is 14.2 Å². The van der Waals surface area contributed by atoms with Crippen LogP contribution in [0.5, 0.6) is 17.2 Å². The summed E-state index contributed by atoms with van der Waals surface area (Å²) in [4.78, 5) is 24.5. The average Bonchev–Trinajstić information content (AvgIpc) is 2.86. The lowest BCUT2D eigenvalue weighted by Gasteiger charge is -2.11. The Kier molecular flexibility index (Phi) is 8.99. The Hall–Kier alpha value is -4.39. The van der Waals surface area contributed by atoms with E-state index in [-0.39, 0.29) is 6.61 Å². The molecule has 0 radical (unpaired) electrons. The number of benzene rings is 3. The summed E-state index contributed by atoms with van der Waals surface area (Å²) in [6.45, 7) is 5.77. The smallest absolute Gasteiger partial charge is 0.343 e. The number of ether oxygens (including phenoxy) is 3. The molecule has 0 atom stereocenters. The molecular weight excluding hydrogens is 432 g/mol. The molecule has 0 aromatic heterocycles. The highest BCUT2D eigenvalue weighted by Crippen LogP contribution is 2.29. The molecule has 0 saturated heterocycles. The summed E-state index contributed by atoms with van der Waals surface area (Å²) in [7, 11) is 0. The molecule has 3 rings (SSSR count). The van der Waals surface area contributed by atoms with E-state index >= 15 is 0 Å². The van der Waals surface area contributed by atoms with Gasteiger partial charge in [-0.05, 0) is 60.9 Å². The topological polar surface area (TPSA) is 86.2 Å². The lowest BCUT2D eigenvalue weighted by atomic mass is 10.1. The molecular formula is C27H26N2O5. The summed E-state index contributed by atoms with van der Waals surface area (Å²) in [6, 6.07) is 21.2. The Balaban J connectivity index is 1.59. The second-order valence-electron chi connectivity index (χ2n) is 7.08. The van der Waals surface area contributed by atoms with Crippen LogP contribution in [0.15, 0.2) is 90.6 Å².